The van der Waals surface area contributed by atoms with Crippen molar-refractivity contribution in [3.05, 3.63) is 28.2 Å². The molecule has 3 heteroatoms. The van der Waals surface area contributed by atoms with Gasteiger partial charge >= 0.3 is 0 Å². The summed E-state index contributed by atoms with van der Waals surface area (Å²) in [6.45, 7) is 7.98. The number of halogens is 1. The van der Waals surface area contributed by atoms with Gasteiger partial charge in [-0.2, -0.15) is 0 Å². The van der Waals surface area contributed by atoms with Crippen LogP contribution >= 0.6 is 15.9 Å². The highest BCUT2D eigenvalue weighted by atomic mass is 79.9. The molecule has 2 aliphatic rings. The molecule has 2 aliphatic carbocycles. The first-order chi connectivity index (χ1) is 9.33. The second-order valence-electron chi connectivity index (χ2n) is 7.50. The number of nitrogens with one attached hydrogen (secondary N) is 1. The average molecular weight is 338 g/mol. The number of hydrogen-bond acceptors (Lipinski definition) is 2. The molecule has 0 aromatic heterocycles. The number of phenolic OH excluding ortho intramolecular Hbond substituents is 1. The second-order valence-corrected chi connectivity index (χ2v) is 8.42. The molecule has 2 bridgehead atoms. The summed E-state index contributed by atoms with van der Waals surface area (Å²) in [7, 11) is 0. The molecule has 110 valence electrons. The summed E-state index contributed by atoms with van der Waals surface area (Å²) >= 11 is 3.48. The monoisotopic (exact) mass is 337 g/mol. The van der Waals surface area contributed by atoms with Crippen molar-refractivity contribution in [1.29, 1.82) is 0 Å². The van der Waals surface area contributed by atoms with Crippen molar-refractivity contribution >= 4 is 15.9 Å². The zero-order valence-corrected chi connectivity index (χ0v) is 14.1. The molecule has 0 radical (unpaired) electrons. The summed E-state index contributed by atoms with van der Waals surface area (Å²) < 4.78 is 1.02. The Morgan fingerprint density at radius 2 is 2.10 bits per heavy atom. The van der Waals surface area contributed by atoms with Gasteiger partial charge in [-0.1, -0.05) is 36.7 Å². The van der Waals surface area contributed by atoms with E-state index in [0.29, 0.717) is 22.6 Å². The summed E-state index contributed by atoms with van der Waals surface area (Å²) in [6.07, 6.45) is 4.06. The molecule has 0 heterocycles. The summed E-state index contributed by atoms with van der Waals surface area (Å²) in [5, 5.41) is 13.7. The Hall–Kier alpha value is -0.540. The van der Waals surface area contributed by atoms with E-state index in [0.717, 1.165) is 22.5 Å². The summed E-state index contributed by atoms with van der Waals surface area (Å²) in [5.41, 5.74) is 1.76. The van der Waals surface area contributed by atoms with E-state index in [1.807, 2.05) is 12.1 Å². The molecule has 0 saturated heterocycles. The third-order valence-corrected chi connectivity index (χ3v) is 6.30. The third-order valence-electron chi connectivity index (χ3n) is 5.81. The molecule has 2 saturated carbocycles. The fourth-order valence-electron chi connectivity index (χ4n) is 4.72. The van der Waals surface area contributed by atoms with Gasteiger partial charge in [-0.3, -0.25) is 0 Å². The molecule has 20 heavy (non-hydrogen) atoms. The van der Waals surface area contributed by atoms with E-state index < -0.39 is 0 Å². The molecule has 0 aliphatic heterocycles. The van der Waals surface area contributed by atoms with Gasteiger partial charge < -0.3 is 10.4 Å². The van der Waals surface area contributed by atoms with Crippen molar-refractivity contribution in [2.75, 3.05) is 0 Å². The average Bonchev–Trinajstić information content (AvgIpc) is 2.84. The number of benzene rings is 1. The first kappa shape index (κ1) is 14.4. The van der Waals surface area contributed by atoms with Gasteiger partial charge in [-0.15, -0.1) is 0 Å². The van der Waals surface area contributed by atoms with E-state index >= 15 is 0 Å². The molecular formula is C17H24BrNO. The van der Waals surface area contributed by atoms with E-state index in [-0.39, 0.29) is 0 Å². The maximum atomic E-state index is 9.97. The zero-order valence-electron chi connectivity index (χ0n) is 12.5. The summed E-state index contributed by atoms with van der Waals surface area (Å²) in [6, 6.07) is 6.17. The van der Waals surface area contributed by atoms with E-state index in [1.165, 1.54) is 19.3 Å². The van der Waals surface area contributed by atoms with Gasteiger partial charge in [-0.25, -0.2) is 0 Å². The van der Waals surface area contributed by atoms with Gasteiger partial charge in [0.1, 0.15) is 5.75 Å². The van der Waals surface area contributed by atoms with Crippen LogP contribution in [0.4, 0.5) is 0 Å². The molecule has 2 N–H and O–H groups in total. The van der Waals surface area contributed by atoms with Crippen LogP contribution in [0.3, 0.4) is 0 Å². The maximum Gasteiger partial charge on any atom is 0.120 e. The molecule has 2 nitrogen and oxygen atoms in total. The SMILES string of the molecule is CC12CCC(C1)C(C)(C)C2NCc1cc(Br)ccc1O. The number of fused-ring (bicyclic) bond motifs is 2. The van der Waals surface area contributed by atoms with Gasteiger partial charge in [0, 0.05) is 22.6 Å². The van der Waals surface area contributed by atoms with Crippen molar-refractivity contribution in [3.8, 4) is 5.75 Å². The predicted octanol–water partition coefficient (Wildman–Crippen LogP) is 4.46. The standard InChI is InChI=1S/C17H24BrNO/c1-16(2)12-6-7-17(3,9-12)15(16)19-10-11-8-13(18)4-5-14(11)20/h4-5,8,12,15,19-20H,6-7,9-10H2,1-3H3. The van der Waals surface area contributed by atoms with Crippen LogP contribution in [0.15, 0.2) is 22.7 Å². The Bertz CT molecular complexity index is 523. The Kier molecular flexibility index (Phi) is 3.41. The normalized spacial score (nSPS) is 34.6. The Balaban J connectivity index is 1.77. The molecule has 0 amide bonds. The summed E-state index contributed by atoms with van der Waals surface area (Å²) in [5.74, 6) is 1.23. The highest BCUT2D eigenvalue weighted by molar-refractivity contribution is 9.10. The minimum absolute atomic E-state index is 0.356. The first-order valence-corrected chi connectivity index (χ1v) is 8.33. The Morgan fingerprint density at radius 1 is 1.35 bits per heavy atom. The van der Waals surface area contributed by atoms with Crippen molar-refractivity contribution in [2.24, 2.45) is 16.7 Å². The Labute approximate surface area is 130 Å². The molecule has 3 atom stereocenters. The first-order valence-electron chi connectivity index (χ1n) is 7.54. The summed E-state index contributed by atoms with van der Waals surface area (Å²) in [4.78, 5) is 0. The lowest BCUT2D eigenvalue weighted by Crippen LogP contribution is -2.49. The quantitative estimate of drug-likeness (QED) is 0.853. The van der Waals surface area contributed by atoms with Crippen molar-refractivity contribution in [3.63, 3.8) is 0 Å². The van der Waals surface area contributed by atoms with E-state index in [2.05, 4.69) is 42.0 Å². The van der Waals surface area contributed by atoms with Crippen LogP contribution in [0.25, 0.3) is 0 Å². The molecule has 3 unspecified atom stereocenters. The molecule has 1 aromatic rings. The Morgan fingerprint density at radius 3 is 2.75 bits per heavy atom. The molecule has 3 rings (SSSR count). The number of aromatic hydroxyl groups is 1. The van der Waals surface area contributed by atoms with Crippen LogP contribution in [-0.4, -0.2) is 11.1 Å². The van der Waals surface area contributed by atoms with Crippen molar-refractivity contribution < 1.29 is 5.11 Å². The molecule has 2 fully saturated rings. The topological polar surface area (TPSA) is 32.3 Å². The number of rotatable bonds is 3. The van der Waals surface area contributed by atoms with Crippen LogP contribution < -0.4 is 5.32 Å². The van der Waals surface area contributed by atoms with Gasteiger partial charge in [0.15, 0.2) is 0 Å². The lowest BCUT2D eigenvalue weighted by atomic mass is 9.68. The van der Waals surface area contributed by atoms with Gasteiger partial charge in [0.25, 0.3) is 0 Å². The minimum Gasteiger partial charge on any atom is -0.508 e. The lowest BCUT2D eigenvalue weighted by molar-refractivity contribution is 0.108. The fraction of sp³-hybridized carbons (Fsp3) is 0.647. The number of phenols is 1. The van der Waals surface area contributed by atoms with Crippen LogP contribution in [-0.2, 0) is 6.54 Å². The molecule has 1 aromatic carbocycles. The van der Waals surface area contributed by atoms with Crippen LogP contribution in [0, 0.1) is 16.7 Å². The second kappa shape index (κ2) is 4.74. The predicted molar refractivity (Wildman–Crippen MR) is 85.7 cm³/mol. The van der Waals surface area contributed by atoms with Gasteiger partial charge in [0.2, 0.25) is 0 Å². The van der Waals surface area contributed by atoms with E-state index in [1.54, 1.807) is 6.07 Å². The number of hydrogen-bond donors (Lipinski definition) is 2. The fourth-order valence-corrected chi connectivity index (χ4v) is 5.13. The zero-order chi connectivity index (χ0) is 14.5. The van der Waals surface area contributed by atoms with E-state index in [9.17, 15) is 5.11 Å². The highest BCUT2D eigenvalue weighted by Crippen LogP contribution is 2.62. The van der Waals surface area contributed by atoms with E-state index in [4.69, 9.17) is 0 Å². The minimum atomic E-state index is 0.356. The van der Waals surface area contributed by atoms with Crippen LogP contribution in [0.5, 0.6) is 5.75 Å². The van der Waals surface area contributed by atoms with Crippen molar-refractivity contribution in [1.82, 2.24) is 5.32 Å². The van der Waals surface area contributed by atoms with Gasteiger partial charge in [-0.05, 0) is 54.2 Å². The van der Waals surface area contributed by atoms with Crippen molar-refractivity contribution in [2.45, 2.75) is 52.6 Å². The largest absolute Gasteiger partial charge is 0.508 e. The van der Waals surface area contributed by atoms with Crippen LogP contribution in [0.1, 0.15) is 45.6 Å². The molecular weight excluding hydrogens is 314 g/mol. The highest BCUT2D eigenvalue weighted by Gasteiger charge is 2.58. The smallest absolute Gasteiger partial charge is 0.120 e. The third kappa shape index (κ3) is 2.19. The molecule has 0 spiro atoms. The van der Waals surface area contributed by atoms with Crippen LogP contribution in [0.2, 0.25) is 0 Å². The van der Waals surface area contributed by atoms with Gasteiger partial charge in [0.05, 0.1) is 0 Å². The lowest BCUT2D eigenvalue weighted by Gasteiger charge is -2.43. The maximum absolute atomic E-state index is 9.97.